The predicted molar refractivity (Wildman–Crippen MR) is 175 cm³/mol. The Hall–Kier alpha value is -4.65. The van der Waals surface area contributed by atoms with Gasteiger partial charge in [-0.2, -0.15) is 0 Å². The Balaban J connectivity index is 1.31. The molecule has 7 aromatic rings. The van der Waals surface area contributed by atoms with E-state index in [1.165, 1.54) is 0 Å². The highest BCUT2D eigenvalue weighted by Gasteiger charge is 2.51. The maximum atomic E-state index is 6.52. The number of benzene rings is 5. The smallest absolute Gasteiger partial charge is 0.434 e. The van der Waals surface area contributed by atoms with E-state index in [0.29, 0.717) is 5.89 Å². The Labute approximate surface area is 250 Å². The molecule has 1 fully saturated rings. The third-order valence-electron chi connectivity index (χ3n) is 9.06. The fraction of sp³-hybridized carbons (Fsp3) is 0.162. The Kier molecular flexibility index (Phi) is 5.71. The van der Waals surface area contributed by atoms with Crippen molar-refractivity contribution in [3.63, 3.8) is 0 Å². The van der Waals surface area contributed by atoms with E-state index in [1.54, 1.807) is 0 Å². The molecule has 0 bridgehead atoms. The summed E-state index contributed by atoms with van der Waals surface area (Å²) in [6.45, 7) is 8.34. The van der Waals surface area contributed by atoms with Gasteiger partial charge in [-0.1, -0.05) is 66.7 Å². The topological polar surface area (TPSA) is 49.4 Å². The number of nitrogens with zero attached hydrogens (tertiary/aromatic N) is 2. The largest absolute Gasteiger partial charge is 0.494 e. The Morgan fingerprint density at radius 2 is 1.30 bits per heavy atom. The van der Waals surface area contributed by atoms with Crippen molar-refractivity contribution in [1.82, 2.24) is 9.55 Å². The van der Waals surface area contributed by atoms with Crippen LogP contribution in [0.15, 0.2) is 120 Å². The van der Waals surface area contributed by atoms with E-state index < -0.39 is 18.3 Å². The quantitative estimate of drug-likeness (QED) is 0.202. The second-order valence-electron chi connectivity index (χ2n) is 12.3. The molecule has 5 nitrogen and oxygen atoms in total. The monoisotopic (exact) mass is 562 g/mol. The number of hydrogen-bond donors (Lipinski definition) is 0. The predicted octanol–water partition coefficient (Wildman–Crippen LogP) is 8.56. The van der Waals surface area contributed by atoms with Crippen LogP contribution >= 0.6 is 0 Å². The minimum absolute atomic E-state index is 0.391. The van der Waals surface area contributed by atoms with Crippen LogP contribution in [0.25, 0.3) is 61.2 Å². The number of hydrogen-bond acceptors (Lipinski definition) is 4. The molecule has 2 aromatic heterocycles. The Morgan fingerprint density at radius 1 is 0.628 bits per heavy atom. The first-order chi connectivity index (χ1) is 20.8. The lowest BCUT2D eigenvalue weighted by Crippen LogP contribution is -2.41. The van der Waals surface area contributed by atoms with Gasteiger partial charge in [0.2, 0.25) is 5.89 Å². The Morgan fingerprint density at radius 3 is 2.05 bits per heavy atom. The molecule has 0 radical (unpaired) electrons. The molecule has 5 aromatic carbocycles. The van der Waals surface area contributed by atoms with Crippen molar-refractivity contribution in [2.24, 2.45) is 0 Å². The van der Waals surface area contributed by atoms with Crippen molar-refractivity contribution in [1.29, 1.82) is 0 Å². The van der Waals surface area contributed by atoms with Gasteiger partial charge in [-0.3, -0.25) is 0 Å². The maximum Gasteiger partial charge on any atom is 0.494 e. The van der Waals surface area contributed by atoms with Crippen LogP contribution in [0.1, 0.15) is 27.7 Å². The first-order valence-corrected chi connectivity index (χ1v) is 14.7. The van der Waals surface area contributed by atoms with Gasteiger partial charge in [0.25, 0.3) is 0 Å². The van der Waals surface area contributed by atoms with Crippen LogP contribution in [0.3, 0.4) is 0 Å². The summed E-state index contributed by atoms with van der Waals surface area (Å²) < 4.78 is 21.5. The molecule has 0 amide bonds. The third-order valence-corrected chi connectivity index (χ3v) is 9.06. The van der Waals surface area contributed by atoms with Crippen molar-refractivity contribution in [2.75, 3.05) is 0 Å². The van der Waals surface area contributed by atoms with Crippen molar-refractivity contribution >= 4 is 45.5 Å². The summed E-state index contributed by atoms with van der Waals surface area (Å²) in [5.41, 5.74) is 8.23. The lowest BCUT2D eigenvalue weighted by Gasteiger charge is -2.32. The van der Waals surface area contributed by atoms with Crippen molar-refractivity contribution in [2.45, 2.75) is 38.9 Å². The zero-order valence-corrected chi connectivity index (χ0v) is 24.7. The average Bonchev–Trinajstić information content (AvgIpc) is 3.67. The summed E-state index contributed by atoms with van der Waals surface area (Å²) in [7, 11) is -0.410. The van der Waals surface area contributed by atoms with Gasteiger partial charge >= 0.3 is 7.12 Å². The highest BCUT2D eigenvalue weighted by molar-refractivity contribution is 6.62. The molecule has 0 aliphatic carbocycles. The lowest BCUT2D eigenvalue weighted by atomic mass is 9.78. The molecule has 1 saturated heterocycles. The first kappa shape index (κ1) is 26.0. The van der Waals surface area contributed by atoms with Crippen molar-refractivity contribution in [3.8, 4) is 28.3 Å². The van der Waals surface area contributed by atoms with Gasteiger partial charge in [-0.25, -0.2) is 4.98 Å². The van der Waals surface area contributed by atoms with E-state index in [0.717, 1.165) is 60.7 Å². The van der Waals surface area contributed by atoms with Crippen LogP contribution in [0.4, 0.5) is 0 Å². The van der Waals surface area contributed by atoms with Gasteiger partial charge in [0, 0.05) is 22.0 Å². The number of fused-ring (bicyclic) bond motifs is 5. The van der Waals surface area contributed by atoms with E-state index in [-0.39, 0.29) is 0 Å². The Bertz CT molecular complexity index is 2130. The molecule has 43 heavy (non-hydrogen) atoms. The summed E-state index contributed by atoms with van der Waals surface area (Å²) in [4.78, 5) is 4.87. The van der Waals surface area contributed by atoms with Gasteiger partial charge in [0.15, 0.2) is 5.58 Å². The molecule has 3 heterocycles. The molecular formula is C37H31BN2O3. The zero-order chi connectivity index (χ0) is 29.3. The van der Waals surface area contributed by atoms with Crippen LogP contribution in [0.2, 0.25) is 0 Å². The summed E-state index contributed by atoms with van der Waals surface area (Å²) in [5.74, 6) is 0.619. The zero-order valence-electron chi connectivity index (χ0n) is 24.7. The van der Waals surface area contributed by atoms with Gasteiger partial charge < -0.3 is 18.3 Å². The van der Waals surface area contributed by atoms with Gasteiger partial charge in [0.05, 0.1) is 22.2 Å². The molecule has 6 heteroatoms. The number of para-hydroxylation sites is 1. The fourth-order valence-electron chi connectivity index (χ4n) is 6.06. The molecular weight excluding hydrogens is 531 g/mol. The van der Waals surface area contributed by atoms with Crippen LogP contribution < -0.4 is 5.46 Å². The SMILES string of the molecule is CC1(C)OB(c2cccc(-c3ccc4c(c3)c3ccc5nc(-c6ccccc6)oc5c3n4-c3ccccc3)c2)OC1(C)C. The van der Waals surface area contributed by atoms with Crippen LogP contribution in [-0.4, -0.2) is 27.9 Å². The second-order valence-corrected chi connectivity index (χ2v) is 12.3. The summed E-state index contributed by atoms with van der Waals surface area (Å²) in [6, 6.07) is 39.9. The van der Waals surface area contributed by atoms with Crippen LogP contribution in [0.5, 0.6) is 0 Å². The van der Waals surface area contributed by atoms with Gasteiger partial charge in [-0.15, -0.1) is 0 Å². The van der Waals surface area contributed by atoms with E-state index in [4.69, 9.17) is 18.7 Å². The summed E-state index contributed by atoms with van der Waals surface area (Å²) >= 11 is 0. The number of aromatic nitrogens is 2. The molecule has 0 unspecified atom stereocenters. The normalized spacial score (nSPS) is 16.0. The minimum atomic E-state index is -0.410. The molecule has 0 saturated carbocycles. The average molecular weight is 562 g/mol. The highest BCUT2D eigenvalue weighted by Crippen LogP contribution is 2.40. The number of oxazole rings is 1. The van der Waals surface area contributed by atoms with Gasteiger partial charge in [-0.05, 0) is 92.8 Å². The molecule has 1 aliphatic heterocycles. The van der Waals surface area contributed by atoms with Crippen molar-refractivity contribution < 1.29 is 13.7 Å². The van der Waals surface area contributed by atoms with Crippen molar-refractivity contribution in [3.05, 3.63) is 115 Å². The van der Waals surface area contributed by atoms with Crippen LogP contribution in [-0.2, 0) is 9.31 Å². The molecule has 0 N–H and O–H groups in total. The molecule has 210 valence electrons. The standard InChI is InChI=1S/C37H31BN2O3/c1-36(2)37(3,4)43-38(42-36)27-15-11-14-25(22-27)26-18-21-32-30(23-26)29-19-20-31-34(33(29)40(32)28-16-9-6-10-17-28)41-35(39-31)24-12-7-5-8-13-24/h5-23H,1-4H3. The van der Waals surface area contributed by atoms with Gasteiger partial charge in [0.1, 0.15) is 5.52 Å². The molecule has 0 spiro atoms. The lowest BCUT2D eigenvalue weighted by molar-refractivity contribution is 0.00578. The summed E-state index contributed by atoms with van der Waals surface area (Å²) in [6.07, 6.45) is 0. The van der Waals surface area contributed by atoms with E-state index in [2.05, 4.69) is 111 Å². The minimum Gasteiger partial charge on any atom is -0.434 e. The second kappa shape index (κ2) is 9.43. The highest BCUT2D eigenvalue weighted by atomic mass is 16.7. The maximum absolute atomic E-state index is 6.52. The van der Waals surface area contributed by atoms with E-state index in [9.17, 15) is 0 Å². The summed E-state index contributed by atoms with van der Waals surface area (Å²) in [5, 5.41) is 2.27. The molecule has 1 aliphatic rings. The van der Waals surface area contributed by atoms with E-state index >= 15 is 0 Å². The molecule has 0 atom stereocenters. The molecule has 8 rings (SSSR count). The number of rotatable bonds is 4. The van der Waals surface area contributed by atoms with E-state index in [1.807, 2.05) is 36.4 Å². The fourth-order valence-corrected chi connectivity index (χ4v) is 6.06. The van der Waals surface area contributed by atoms with Crippen LogP contribution in [0, 0.1) is 0 Å². The third kappa shape index (κ3) is 4.13. The first-order valence-electron chi connectivity index (χ1n) is 14.7.